The van der Waals surface area contributed by atoms with Crippen LogP contribution in [0.3, 0.4) is 0 Å². The van der Waals surface area contributed by atoms with Gasteiger partial charge in [0.25, 0.3) is 5.91 Å². The van der Waals surface area contributed by atoms with Gasteiger partial charge in [-0.05, 0) is 36.2 Å². The fraction of sp³-hybridized carbons (Fsp3) is 0.300. The molecule has 1 aliphatic heterocycles. The average molecular weight is 392 g/mol. The van der Waals surface area contributed by atoms with Crippen molar-refractivity contribution in [1.82, 2.24) is 4.90 Å². The molecule has 1 heterocycles. The molecular formula is C20H19ClFNO4. The quantitative estimate of drug-likeness (QED) is 0.734. The molecule has 3 rings (SSSR count). The van der Waals surface area contributed by atoms with Crippen molar-refractivity contribution in [3.05, 3.63) is 64.4 Å². The minimum atomic E-state index is -0.506. The summed E-state index contributed by atoms with van der Waals surface area (Å²) in [5.74, 6) is -1.10. The highest BCUT2D eigenvalue weighted by Crippen LogP contribution is 2.30. The Hall–Kier alpha value is -2.60. The van der Waals surface area contributed by atoms with E-state index in [0.29, 0.717) is 22.8 Å². The first kappa shape index (κ1) is 19.2. The maximum Gasteiger partial charge on any atom is 0.313 e. The van der Waals surface area contributed by atoms with E-state index >= 15 is 0 Å². The zero-order valence-electron chi connectivity index (χ0n) is 14.8. The van der Waals surface area contributed by atoms with Gasteiger partial charge in [-0.25, -0.2) is 4.39 Å². The van der Waals surface area contributed by atoms with Crippen LogP contribution in [-0.4, -0.2) is 37.0 Å². The Labute approximate surface area is 161 Å². The molecule has 1 atom stereocenters. The molecule has 2 aromatic rings. The molecule has 7 heteroatoms. The third-order valence-corrected chi connectivity index (χ3v) is 4.63. The van der Waals surface area contributed by atoms with Crippen LogP contribution in [0.5, 0.6) is 5.75 Å². The van der Waals surface area contributed by atoms with E-state index in [1.165, 1.54) is 18.0 Å². The smallest absolute Gasteiger partial charge is 0.313 e. The number of nitrogens with zero attached hydrogens (tertiary/aromatic N) is 1. The van der Waals surface area contributed by atoms with Crippen molar-refractivity contribution in [3.8, 4) is 5.75 Å². The number of esters is 1. The number of ether oxygens (including phenoxy) is 2. The highest BCUT2D eigenvalue weighted by Gasteiger charge is 2.28. The first-order valence-electron chi connectivity index (χ1n) is 8.49. The van der Waals surface area contributed by atoms with Crippen molar-refractivity contribution in [2.75, 3.05) is 20.3 Å². The van der Waals surface area contributed by atoms with Crippen LogP contribution in [-0.2, 0) is 27.3 Å². The van der Waals surface area contributed by atoms with Crippen LogP contribution >= 0.6 is 11.6 Å². The lowest BCUT2D eigenvalue weighted by Crippen LogP contribution is -2.34. The van der Waals surface area contributed by atoms with E-state index in [-0.39, 0.29) is 19.0 Å². The van der Waals surface area contributed by atoms with Gasteiger partial charge in [0.1, 0.15) is 18.2 Å². The maximum atomic E-state index is 13.7. The largest absolute Gasteiger partial charge is 0.492 e. The number of benzene rings is 2. The average Bonchev–Trinajstić information content (AvgIpc) is 2.66. The van der Waals surface area contributed by atoms with E-state index in [0.717, 1.165) is 5.56 Å². The van der Waals surface area contributed by atoms with Crippen molar-refractivity contribution in [2.24, 2.45) is 5.92 Å². The van der Waals surface area contributed by atoms with Gasteiger partial charge in [-0.15, -0.1) is 0 Å². The summed E-state index contributed by atoms with van der Waals surface area (Å²) < 4.78 is 24.4. The lowest BCUT2D eigenvalue weighted by molar-refractivity contribution is -0.156. The summed E-state index contributed by atoms with van der Waals surface area (Å²) in [6.45, 7) is -0.114. The van der Waals surface area contributed by atoms with Gasteiger partial charge < -0.3 is 14.4 Å². The zero-order valence-corrected chi connectivity index (χ0v) is 15.5. The molecule has 0 N–H and O–H groups in total. The summed E-state index contributed by atoms with van der Waals surface area (Å²) >= 11 is 5.97. The Morgan fingerprint density at radius 2 is 2.07 bits per heavy atom. The molecule has 2 aromatic carbocycles. The minimum Gasteiger partial charge on any atom is -0.492 e. The lowest BCUT2D eigenvalue weighted by Gasteiger charge is -2.24. The fourth-order valence-electron chi connectivity index (χ4n) is 2.85. The second-order valence-corrected chi connectivity index (χ2v) is 6.85. The number of halogens is 2. The molecule has 0 saturated heterocycles. The number of carbonyl (C=O) groups excluding carboxylic acids is 2. The van der Waals surface area contributed by atoms with Crippen molar-refractivity contribution < 1.29 is 23.5 Å². The van der Waals surface area contributed by atoms with Gasteiger partial charge >= 0.3 is 5.97 Å². The topological polar surface area (TPSA) is 55.8 Å². The molecule has 1 aliphatic rings. The molecular weight excluding hydrogens is 373 g/mol. The minimum absolute atomic E-state index is 0.0987. The van der Waals surface area contributed by atoms with E-state index in [2.05, 4.69) is 0 Å². The van der Waals surface area contributed by atoms with E-state index in [1.807, 2.05) is 0 Å². The van der Waals surface area contributed by atoms with Gasteiger partial charge in [-0.2, -0.15) is 0 Å². The number of fused-ring (bicyclic) bond motifs is 1. The number of hydrogen-bond donors (Lipinski definition) is 0. The van der Waals surface area contributed by atoms with Crippen molar-refractivity contribution in [3.63, 3.8) is 0 Å². The fourth-order valence-corrected chi connectivity index (χ4v) is 3.04. The highest BCUT2D eigenvalue weighted by atomic mass is 35.5. The Morgan fingerprint density at radius 3 is 2.85 bits per heavy atom. The molecule has 0 saturated carbocycles. The molecule has 0 aromatic heterocycles. The summed E-state index contributed by atoms with van der Waals surface area (Å²) in [5, 5.41) is 0.566. The van der Waals surface area contributed by atoms with Gasteiger partial charge in [0.15, 0.2) is 6.61 Å². The normalized spacial score (nSPS) is 15.4. The number of likely N-dealkylation sites (N-methyl/N-ethyl adjacent to an activating group) is 1. The van der Waals surface area contributed by atoms with Crippen LogP contribution in [0.15, 0.2) is 42.5 Å². The second kappa shape index (κ2) is 8.39. The van der Waals surface area contributed by atoms with Crippen molar-refractivity contribution in [1.29, 1.82) is 0 Å². The molecule has 0 fully saturated rings. The predicted octanol–water partition coefficient (Wildman–Crippen LogP) is 3.23. The zero-order chi connectivity index (χ0) is 19.4. The first-order valence-corrected chi connectivity index (χ1v) is 8.87. The third kappa shape index (κ3) is 4.77. The van der Waals surface area contributed by atoms with Gasteiger partial charge in [-0.3, -0.25) is 9.59 Å². The monoisotopic (exact) mass is 391 g/mol. The molecule has 0 spiro atoms. The van der Waals surface area contributed by atoms with E-state index in [9.17, 15) is 14.0 Å². The highest BCUT2D eigenvalue weighted by molar-refractivity contribution is 6.30. The Balaban J connectivity index is 1.51. The SMILES string of the molecule is CN(Cc1ccccc1F)C(=O)COC(=O)[C@@H]1COc2ccc(Cl)cc2C1. The van der Waals surface area contributed by atoms with Crippen LogP contribution in [0, 0.1) is 11.7 Å². The summed E-state index contributed by atoms with van der Waals surface area (Å²) in [6, 6.07) is 11.5. The molecule has 0 unspecified atom stereocenters. The van der Waals surface area contributed by atoms with E-state index < -0.39 is 24.4 Å². The first-order chi connectivity index (χ1) is 12.9. The van der Waals surface area contributed by atoms with Crippen molar-refractivity contribution >= 4 is 23.5 Å². The number of hydrogen-bond acceptors (Lipinski definition) is 4. The van der Waals surface area contributed by atoms with Gasteiger partial charge in [0.05, 0.1) is 5.92 Å². The Morgan fingerprint density at radius 1 is 1.30 bits per heavy atom. The van der Waals surface area contributed by atoms with E-state index in [1.54, 1.807) is 36.4 Å². The summed E-state index contributed by atoms with van der Waals surface area (Å²) in [6.07, 6.45) is 0.438. The Bertz CT molecular complexity index is 858. The van der Waals surface area contributed by atoms with Gasteiger partial charge in [0.2, 0.25) is 0 Å². The molecule has 1 amide bonds. The number of rotatable bonds is 5. The summed E-state index contributed by atoms with van der Waals surface area (Å²) in [4.78, 5) is 25.8. The third-order valence-electron chi connectivity index (χ3n) is 4.39. The molecule has 5 nitrogen and oxygen atoms in total. The standard InChI is InChI=1S/C20H19ClFNO4/c1-23(10-13-4-2-3-5-17(13)22)19(24)12-27-20(25)15-8-14-9-16(21)6-7-18(14)26-11-15/h2-7,9,15H,8,10-12H2,1H3/t15-/m0/s1. The Kier molecular flexibility index (Phi) is 5.96. The second-order valence-electron chi connectivity index (χ2n) is 6.41. The lowest BCUT2D eigenvalue weighted by atomic mass is 9.97. The van der Waals surface area contributed by atoms with Crippen LogP contribution in [0.2, 0.25) is 5.02 Å². The maximum absolute atomic E-state index is 13.7. The van der Waals surface area contributed by atoms with Gasteiger partial charge in [-0.1, -0.05) is 29.8 Å². The van der Waals surface area contributed by atoms with Crippen LogP contribution in [0.4, 0.5) is 4.39 Å². The molecule has 0 radical (unpaired) electrons. The van der Waals surface area contributed by atoms with Crippen LogP contribution in [0.25, 0.3) is 0 Å². The molecule has 0 aliphatic carbocycles. The van der Waals surface area contributed by atoms with Gasteiger partial charge in [0, 0.05) is 24.2 Å². The molecule has 0 bridgehead atoms. The van der Waals surface area contributed by atoms with Crippen LogP contribution < -0.4 is 4.74 Å². The molecule has 27 heavy (non-hydrogen) atoms. The summed E-state index contributed by atoms with van der Waals surface area (Å²) in [7, 11) is 1.53. The predicted molar refractivity (Wildman–Crippen MR) is 98.0 cm³/mol. The number of amides is 1. The van der Waals surface area contributed by atoms with Crippen LogP contribution in [0.1, 0.15) is 11.1 Å². The number of carbonyl (C=O) groups is 2. The van der Waals surface area contributed by atoms with Crippen molar-refractivity contribution in [2.45, 2.75) is 13.0 Å². The summed E-state index contributed by atoms with van der Waals surface area (Å²) in [5.41, 5.74) is 1.23. The van der Waals surface area contributed by atoms with E-state index in [4.69, 9.17) is 21.1 Å². The molecule has 142 valence electrons.